The van der Waals surface area contributed by atoms with Crippen LogP contribution in [-0.2, 0) is 14.3 Å². The molecule has 3 aromatic rings. The van der Waals surface area contributed by atoms with Gasteiger partial charge in [-0.1, -0.05) is 11.6 Å². The molecule has 0 aliphatic rings. The number of nitrogens with one attached hydrogen (secondary N) is 2. The Bertz CT molecular complexity index is 1230. The first-order valence-electron chi connectivity index (χ1n) is 8.88. The lowest BCUT2D eigenvalue weighted by atomic mass is 10.2. The molecule has 32 heavy (non-hydrogen) atoms. The largest absolute Gasteiger partial charge is 0.448 e. The van der Waals surface area contributed by atoms with Gasteiger partial charge in [-0.15, -0.1) is 11.3 Å². The molecule has 0 radical (unpaired) electrons. The maximum Gasteiger partial charge on any atom is 0.350 e. The Hall–Kier alpha value is -3.18. The van der Waals surface area contributed by atoms with Gasteiger partial charge in [0.1, 0.15) is 10.7 Å². The van der Waals surface area contributed by atoms with Gasteiger partial charge >= 0.3 is 5.97 Å². The number of carbonyl (C=O) groups is 3. The molecule has 0 spiro atoms. The summed E-state index contributed by atoms with van der Waals surface area (Å²) in [5.74, 6) is -7.99. The predicted octanol–water partition coefficient (Wildman–Crippen LogP) is 4.41. The van der Waals surface area contributed by atoms with Crippen LogP contribution in [0.3, 0.4) is 0 Å². The minimum absolute atomic E-state index is 0.0292. The van der Waals surface area contributed by atoms with Gasteiger partial charge in [0.2, 0.25) is 5.91 Å². The highest BCUT2D eigenvalue weighted by Gasteiger charge is 2.24. The molecular weight excluding hydrogens is 476 g/mol. The van der Waals surface area contributed by atoms with Crippen molar-refractivity contribution >= 4 is 56.5 Å². The number of rotatable bonds is 6. The Kier molecular flexibility index (Phi) is 6.99. The summed E-state index contributed by atoms with van der Waals surface area (Å²) in [6.45, 7) is 0.573. The molecule has 2 N–H and O–H groups in total. The second kappa shape index (κ2) is 9.53. The Labute approximate surface area is 187 Å². The molecule has 1 heterocycles. The van der Waals surface area contributed by atoms with E-state index in [2.05, 4.69) is 5.32 Å². The molecule has 3 rings (SSSR count). The van der Waals surface area contributed by atoms with E-state index < -0.39 is 59.4 Å². The number of ether oxygens (including phenoxy) is 1. The summed E-state index contributed by atoms with van der Waals surface area (Å²) in [5.41, 5.74) is -0.613. The number of thiophene rings is 1. The minimum Gasteiger partial charge on any atom is -0.448 e. The number of carbonyl (C=O) groups excluding carboxylic acids is 3. The lowest BCUT2D eigenvalue weighted by Gasteiger charge is -2.13. The van der Waals surface area contributed by atoms with E-state index in [-0.39, 0.29) is 9.90 Å². The highest BCUT2D eigenvalue weighted by Crippen LogP contribution is 2.36. The van der Waals surface area contributed by atoms with Gasteiger partial charge in [0.25, 0.3) is 5.91 Å². The number of halogens is 5. The zero-order chi connectivity index (χ0) is 23.6. The maximum absolute atomic E-state index is 13.6. The van der Waals surface area contributed by atoms with Crippen molar-refractivity contribution < 1.29 is 36.7 Å². The van der Waals surface area contributed by atoms with Crippen molar-refractivity contribution in [3.63, 3.8) is 0 Å². The van der Waals surface area contributed by atoms with E-state index in [4.69, 9.17) is 16.3 Å². The van der Waals surface area contributed by atoms with Crippen molar-refractivity contribution in [2.45, 2.75) is 13.0 Å². The average molecular weight is 489 g/mol. The molecule has 0 bridgehead atoms. The Balaban J connectivity index is 1.57. The van der Waals surface area contributed by atoms with Crippen LogP contribution in [0.5, 0.6) is 0 Å². The van der Waals surface area contributed by atoms with Gasteiger partial charge in [-0.05, 0) is 37.3 Å². The summed E-state index contributed by atoms with van der Waals surface area (Å²) >= 11 is 7.02. The quantitative estimate of drug-likeness (QED) is 0.306. The van der Waals surface area contributed by atoms with E-state index in [9.17, 15) is 31.9 Å². The summed E-state index contributed by atoms with van der Waals surface area (Å²) in [4.78, 5) is 36.3. The molecule has 0 fully saturated rings. The average Bonchev–Trinajstić information content (AvgIpc) is 3.08. The summed E-state index contributed by atoms with van der Waals surface area (Å²) < 4.78 is 58.5. The first-order chi connectivity index (χ1) is 15.1. The Morgan fingerprint density at radius 2 is 1.81 bits per heavy atom. The van der Waals surface area contributed by atoms with E-state index in [1.54, 1.807) is 0 Å². The number of anilines is 1. The minimum atomic E-state index is -1.75. The van der Waals surface area contributed by atoms with Crippen LogP contribution >= 0.6 is 22.9 Å². The highest BCUT2D eigenvalue weighted by molar-refractivity contribution is 7.21. The van der Waals surface area contributed by atoms with Crippen LogP contribution in [0.25, 0.3) is 10.1 Å². The number of benzene rings is 2. The fourth-order valence-corrected chi connectivity index (χ4v) is 3.98. The number of hydrogen-bond acceptors (Lipinski definition) is 5. The smallest absolute Gasteiger partial charge is 0.350 e. The number of esters is 1. The van der Waals surface area contributed by atoms with Crippen molar-refractivity contribution in [3.8, 4) is 0 Å². The zero-order valence-corrected chi connectivity index (χ0v) is 17.7. The number of hydrogen-bond donors (Lipinski definition) is 2. The Morgan fingerprint density at radius 1 is 1.09 bits per heavy atom. The van der Waals surface area contributed by atoms with Crippen LogP contribution < -0.4 is 10.6 Å². The summed E-state index contributed by atoms with van der Waals surface area (Å²) in [5, 5.41) is 4.63. The first-order valence-corrected chi connectivity index (χ1v) is 10.1. The van der Waals surface area contributed by atoms with E-state index in [0.29, 0.717) is 16.2 Å². The molecular formula is C20H13ClF4N2O4S. The third kappa shape index (κ3) is 5.00. The summed E-state index contributed by atoms with van der Waals surface area (Å²) in [7, 11) is 0. The van der Waals surface area contributed by atoms with Gasteiger partial charge < -0.3 is 15.4 Å². The van der Waals surface area contributed by atoms with Crippen LogP contribution in [0, 0.1) is 23.3 Å². The molecule has 168 valence electrons. The molecule has 0 saturated carbocycles. The number of fused-ring (bicyclic) bond motifs is 1. The second-order valence-electron chi connectivity index (χ2n) is 6.42. The Morgan fingerprint density at radius 3 is 2.53 bits per heavy atom. The molecule has 0 aliphatic heterocycles. The van der Waals surface area contributed by atoms with Crippen LogP contribution in [0.1, 0.15) is 16.6 Å². The lowest BCUT2D eigenvalue weighted by Crippen LogP contribution is -2.40. The van der Waals surface area contributed by atoms with E-state index in [0.717, 1.165) is 17.4 Å². The second-order valence-corrected chi connectivity index (χ2v) is 7.85. The van der Waals surface area contributed by atoms with Crippen molar-refractivity contribution in [3.05, 3.63) is 63.5 Å². The maximum atomic E-state index is 13.6. The van der Waals surface area contributed by atoms with Gasteiger partial charge in [-0.3, -0.25) is 9.59 Å². The molecule has 1 unspecified atom stereocenters. The van der Waals surface area contributed by atoms with Crippen molar-refractivity contribution in [1.29, 1.82) is 0 Å². The van der Waals surface area contributed by atoms with Gasteiger partial charge in [0.05, 0.1) is 17.3 Å². The fraction of sp³-hybridized carbons (Fsp3) is 0.150. The van der Waals surface area contributed by atoms with Gasteiger partial charge in [0.15, 0.2) is 23.6 Å². The normalized spacial score (nSPS) is 11.8. The van der Waals surface area contributed by atoms with E-state index in [1.807, 2.05) is 5.32 Å². The number of amides is 2. The van der Waals surface area contributed by atoms with Crippen LogP contribution in [0.2, 0.25) is 5.02 Å². The molecule has 1 atom stereocenters. The predicted molar refractivity (Wildman–Crippen MR) is 110 cm³/mol. The van der Waals surface area contributed by atoms with E-state index in [1.165, 1.54) is 25.1 Å². The molecule has 2 amide bonds. The standard InChI is InChI=1S/C20H13ClF4N2O4S/c1-8(31-20(30)18-15(21)10-3-2-9(22)6-13(10)32-18)19(29)26-7-14(28)27-12-5-4-11(23)16(24)17(12)25/h2-6,8H,7H2,1H3,(H,26,29)(H,27,28). The van der Waals surface area contributed by atoms with Gasteiger partial charge in [0, 0.05) is 10.1 Å². The van der Waals surface area contributed by atoms with Crippen molar-refractivity contribution in [1.82, 2.24) is 5.32 Å². The van der Waals surface area contributed by atoms with Gasteiger partial charge in [-0.2, -0.15) is 0 Å². The third-order valence-electron chi connectivity index (χ3n) is 4.16. The third-order valence-corrected chi connectivity index (χ3v) is 5.80. The monoisotopic (exact) mass is 488 g/mol. The topological polar surface area (TPSA) is 84.5 Å². The van der Waals surface area contributed by atoms with Crippen molar-refractivity contribution in [2.24, 2.45) is 0 Å². The molecule has 0 saturated heterocycles. The molecule has 1 aromatic heterocycles. The fourth-order valence-electron chi connectivity index (χ4n) is 2.57. The lowest BCUT2D eigenvalue weighted by molar-refractivity contribution is -0.130. The first kappa shape index (κ1) is 23.5. The van der Waals surface area contributed by atoms with E-state index >= 15 is 0 Å². The molecule has 0 aliphatic carbocycles. The van der Waals surface area contributed by atoms with Crippen LogP contribution in [-0.4, -0.2) is 30.4 Å². The zero-order valence-electron chi connectivity index (χ0n) is 16.1. The molecule has 6 nitrogen and oxygen atoms in total. The molecule has 12 heteroatoms. The highest BCUT2D eigenvalue weighted by atomic mass is 35.5. The molecule has 2 aromatic carbocycles. The summed E-state index contributed by atoms with van der Waals surface area (Å²) in [6.07, 6.45) is -1.34. The SMILES string of the molecule is CC(OC(=O)c1sc2cc(F)ccc2c1Cl)C(=O)NCC(=O)Nc1ccc(F)c(F)c1F. The van der Waals surface area contributed by atoms with Gasteiger partial charge in [-0.25, -0.2) is 22.4 Å². The van der Waals surface area contributed by atoms with Crippen LogP contribution in [0.15, 0.2) is 30.3 Å². The summed E-state index contributed by atoms with van der Waals surface area (Å²) in [6, 6.07) is 5.24. The van der Waals surface area contributed by atoms with Crippen LogP contribution in [0.4, 0.5) is 23.2 Å². The van der Waals surface area contributed by atoms with Crippen molar-refractivity contribution in [2.75, 3.05) is 11.9 Å².